The fraction of sp³-hybridized carbons (Fsp3) is 0.571. The number of unbranched alkanes of at least 4 members (excludes halogenated alkanes) is 1. The number of aliphatic hydroxyl groups is 1. The van der Waals surface area contributed by atoms with Gasteiger partial charge in [0.05, 0.1) is 6.54 Å². The van der Waals surface area contributed by atoms with Gasteiger partial charge in [-0.25, -0.2) is 4.79 Å². The maximum Gasteiger partial charge on any atom is 0.573 e. The molecule has 0 bridgehead atoms. The van der Waals surface area contributed by atoms with Gasteiger partial charge in [0.1, 0.15) is 11.9 Å². The molecule has 34 heavy (non-hydrogen) atoms. The lowest BCUT2D eigenvalue weighted by Gasteiger charge is -2.20. The number of Topliss-reactive ketones (excluding diaryl/α,β-unsaturated/α-hetero) is 1. The number of carbonyl (C=O) groups excluding carboxylic acids is 3. The summed E-state index contributed by atoms with van der Waals surface area (Å²) in [6.45, 7) is 1.88. The number of amides is 3. The first-order valence-corrected chi connectivity index (χ1v) is 11.8. The molecule has 9 nitrogen and oxygen atoms in total. The molecule has 0 spiro atoms. The van der Waals surface area contributed by atoms with E-state index >= 15 is 0 Å². The summed E-state index contributed by atoms with van der Waals surface area (Å²) in [5.74, 6) is 0.306. The van der Waals surface area contributed by atoms with E-state index in [1.54, 1.807) is 11.8 Å². The number of urea groups is 1. The fourth-order valence-corrected chi connectivity index (χ4v) is 3.59. The quantitative estimate of drug-likeness (QED) is 0.265. The van der Waals surface area contributed by atoms with Crippen molar-refractivity contribution in [3.8, 4) is 5.75 Å². The standard InChI is InChI=1S/C21H31F3N4O5S/c1-2-34-12-10-17(25)18(30)19(31)27-11-4-3-5-15(29)13-28(20(26)32)14-6-8-16(9-7-14)33-21(22,23)24/h6-9,17-18,30H,2-5,10-13,25H2,1H3,(H2,26,32)(H,27,31). The number of hydrogen-bond acceptors (Lipinski definition) is 7. The molecule has 0 aromatic heterocycles. The van der Waals surface area contributed by atoms with Crippen LogP contribution in [0.4, 0.5) is 23.7 Å². The van der Waals surface area contributed by atoms with Crippen LogP contribution in [-0.4, -0.2) is 65.9 Å². The van der Waals surface area contributed by atoms with Crippen LogP contribution in [-0.2, 0) is 9.59 Å². The van der Waals surface area contributed by atoms with Crippen LogP contribution in [0, 0.1) is 0 Å². The molecular weight excluding hydrogens is 477 g/mol. The molecule has 0 aliphatic carbocycles. The number of nitrogens with one attached hydrogen (secondary N) is 1. The molecule has 0 aliphatic rings. The molecule has 192 valence electrons. The van der Waals surface area contributed by atoms with Gasteiger partial charge in [0, 0.05) is 24.7 Å². The molecule has 1 rings (SSSR count). The number of nitrogens with zero attached hydrogens (tertiary/aromatic N) is 1. The number of rotatable bonds is 15. The average Bonchev–Trinajstić information content (AvgIpc) is 2.76. The number of alkyl halides is 3. The van der Waals surface area contributed by atoms with Crippen molar-refractivity contribution in [1.82, 2.24) is 5.32 Å². The summed E-state index contributed by atoms with van der Waals surface area (Å²) in [5.41, 5.74) is 11.3. The minimum Gasteiger partial charge on any atom is -0.406 e. The van der Waals surface area contributed by atoms with Gasteiger partial charge in [0.2, 0.25) is 5.91 Å². The number of thioether (sulfide) groups is 1. The van der Waals surface area contributed by atoms with Crippen molar-refractivity contribution >= 4 is 35.2 Å². The van der Waals surface area contributed by atoms with Gasteiger partial charge in [-0.05, 0) is 55.0 Å². The van der Waals surface area contributed by atoms with E-state index in [1.165, 1.54) is 12.1 Å². The highest BCUT2D eigenvalue weighted by Gasteiger charge is 2.31. The molecule has 0 aliphatic heterocycles. The zero-order valence-corrected chi connectivity index (χ0v) is 19.7. The van der Waals surface area contributed by atoms with Crippen LogP contribution in [0.25, 0.3) is 0 Å². The summed E-state index contributed by atoms with van der Waals surface area (Å²) in [6.07, 6.45) is -4.71. The van der Waals surface area contributed by atoms with Gasteiger partial charge in [-0.3, -0.25) is 14.5 Å². The molecule has 0 saturated heterocycles. The normalized spacial score (nSPS) is 13.1. The third-order valence-corrected chi connectivity index (χ3v) is 5.57. The van der Waals surface area contributed by atoms with E-state index in [4.69, 9.17) is 11.5 Å². The first kappa shape index (κ1) is 29.5. The van der Waals surface area contributed by atoms with E-state index < -0.39 is 36.2 Å². The van der Waals surface area contributed by atoms with Crippen LogP contribution in [0.3, 0.4) is 0 Å². The third-order valence-electron chi connectivity index (χ3n) is 4.64. The Morgan fingerprint density at radius 1 is 1.21 bits per heavy atom. The number of anilines is 1. The van der Waals surface area contributed by atoms with E-state index in [0.29, 0.717) is 19.3 Å². The second kappa shape index (κ2) is 14.7. The van der Waals surface area contributed by atoms with Crippen molar-refractivity contribution in [2.75, 3.05) is 29.5 Å². The topological polar surface area (TPSA) is 148 Å². The largest absolute Gasteiger partial charge is 0.573 e. The number of aliphatic hydroxyl groups excluding tert-OH is 1. The maximum absolute atomic E-state index is 12.3. The smallest absolute Gasteiger partial charge is 0.406 e. The Morgan fingerprint density at radius 3 is 2.41 bits per heavy atom. The predicted octanol–water partition coefficient (Wildman–Crippen LogP) is 2.16. The lowest BCUT2D eigenvalue weighted by Crippen LogP contribution is -2.46. The number of ketones is 1. The number of carbonyl (C=O) groups is 3. The van der Waals surface area contributed by atoms with Crippen molar-refractivity contribution in [1.29, 1.82) is 0 Å². The van der Waals surface area contributed by atoms with Crippen LogP contribution in [0.15, 0.2) is 24.3 Å². The molecule has 0 fully saturated rings. The lowest BCUT2D eigenvalue weighted by atomic mass is 10.1. The molecule has 2 unspecified atom stereocenters. The molecule has 0 saturated carbocycles. The van der Waals surface area contributed by atoms with Gasteiger partial charge >= 0.3 is 12.4 Å². The molecule has 13 heteroatoms. The second-order valence-electron chi connectivity index (χ2n) is 7.35. The third kappa shape index (κ3) is 11.6. The Labute approximate surface area is 200 Å². The SMILES string of the molecule is CCSCCC(N)C(O)C(=O)NCCCCC(=O)CN(C(N)=O)c1ccc(OC(F)(F)F)cc1. The van der Waals surface area contributed by atoms with Crippen molar-refractivity contribution in [3.63, 3.8) is 0 Å². The van der Waals surface area contributed by atoms with Crippen molar-refractivity contribution in [2.45, 2.75) is 51.1 Å². The highest BCUT2D eigenvalue weighted by molar-refractivity contribution is 7.99. The summed E-state index contributed by atoms with van der Waals surface area (Å²) in [4.78, 5) is 36.8. The zero-order chi connectivity index (χ0) is 25.7. The van der Waals surface area contributed by atoms with Gasteiger partial charge in [-0.1, -0.05) is 6.92 Å². The van der Waals surface area contributed by atoms with Gasteiger partial charge in [-0.2, -0.15) is 11.8 Å². The average molecular weight is 509 g/mol. The second-order valence-corrected chi connectivity index (χ2v) is 8.74. The van der Waals surface area contributed by atoms with E-state index in [2.05, 4.69) is 10.1 Å². The summed E-state index contributed by atoms with van der Waals surface area (Å²) in [6, 6.07) is 2.79. The number of halogens is 3. The first-order chi connectivity index (χ1) is 15.9. The molecule has 3 amide bonds. The van der Waals surface area contributed by atoms with Gasteiger partial charge in [-0.15, -0.1) is 13.2 Å². The Morgan fingerprint density at radius 2 is 1.85 bits per heavy atom. The van der Waals surface area contributed by atoms with E-state index in [-0.39, 0.29) is 31.0 Å². The lowest BCUT2D eigenvalue weighted by molar-refractivity contribution is -0.274. The number of nitrogens with two attached hydrogens (primary N) is 2. The summed E-state index contributed by atoms with van der Waals surface area (Å²) < 4.78 is 40.5. The van der Waals surface area contributed by atoms with E-state index in [0.717, 1.165) is 28.5 Å². The number of hydrogen-bond donors (Lipinski definition) is 4. The zero-order valence-electron chi connectivity index (χ0n) is 18.8. The minimum atomic E-state index is -4.85. The molecule has 1 aromatic carbocycles. The Balaban J connectivity index is 2.41. The molecule has 0 radical (unpaired) electrons. The van der Waals surface area contributed by atoms with Crippen LogP contribution < -0.4 is 26.4 Å². The Kier molecular flexibility index (Phi) is 12.8. The maximum atomic E-state index is 12.3. The van der Waals surface area contributed by atoms with Crippen LogP contribution in [0.5, 0.6) is 5.75 Å². The Hall–Kier alpha value is -2.51. The molecule has 6 N–H and O–H groups in total. The van der Waals surface area contributed by atoms with Gasteiger partial charge < -0.3 is 26.6 Å². The van der Waals surface area contributed by atoms with Crippen LogP contribution in [0.2, 0.25) is 0 Å². The summed E-state index contributed by atoms with van der Waals surface area (Å²) in [7, 11) is 0. The first-order valence-electron chi connectivity index (χ1n) is 10.7. The van der Waals surface area contributed by atoms with Crippen molar-refractivity contribution < 1.29 is 37.4 Å². The number of benzene rings is 1. The van der Waals surface area contributed by atoms with Crippen LogP contribution >= 0.6 is 11.8 Å². The number of primary amides is 1. The van der Waals surface area contributed by atoms with Crippen LogP contribution in [0.1, 0.15) is 32.6 Å². The summed E-state index contributed by atoms with van der Waals surface area (Å²) >= 11 is 1.67. The van der Waals surface area contributed by atoms with Crippen molar-refractivity contribution in [2.24, 2.45) is 11.5 Å². The predicted molar refractivity (Wildman–Crippen MR) is 124 cm³/mol. The monoisotopic (exact) mass is 508 g/mol. The molecule has 2 atom stereocenters. The van der Waals surface area contributed by atoms with Gasteiger partial charge in [0.15, 0.2) is 5.78 Å². The molecule has 1 aromatic rings. The molecular formula is C21H31F3N4O5S. The number of ether oxygens (including phenoxy) is 1. The summed E-state index contributed by atoms with van der Waals surface area (Å²) in [5, 5.41) is 12.5. The highest BCUT2D eigenvalue weighted by Crippen LogP contribution is 2.25. The highest BCUT2D eigenvalue weighted by atomic mass is 32.2. The van der Waals surface area contributed by atoms with Gasteiger partial charge in [0.25, 0.3) is 0 Å². The minimum absolute atomic E-state index is 0.0885. The van der Waals surface area contributed by atoms with E-state index in [1.807, 2.05) is 6.92 Å². The fourth-order valence-electron chi connectivity index (χ4n) is 2.86. The van der Waals surface area contributed by atoms with E-state index in [9.17, 15) is 32.7 Å². The Bertz CT molecular complexity index is 796. The molecule has 0 heterocycles. The van der Waals surface area contributed by atoms with Crippen molar-refractivity contribution in [3.05, 3.63) is 24.3 Å².